The van der Waals surface area contributed by atoms with Crippen LogP contribution in [-0.2, 0) is 30.4 Å². The van der Waals surface area contributed by atoms with E-state index >= 15 is 0 Å². The summed E-state index contributed by atoms with van der Waals surface area (Å²) in [4.78, 5) is 66.3. The van der Waals surface area contributed by atoms with Crippen LogP contribution < -0.4 is 27.4 Å². The number of aromatic amines is 1. The lowest BCUT2D eigenvalue weighted by Gasteiger charge is -2.24. The Morgan fingerprint density at radius 1 is 1.00 bits per heavy atom. The number of thiol groups is 2. The molecule has 0 saturated carbocycles. The zero-order valence-corrected chi connectivity index (χ0v) is 18.8. The molecule has 32 heavy (non-hydrogen) atoms. The van der Waals surface area contributed by atoms with Crippen LogP contribution in [0.25, 0.3) is 0 Å². The summed E-state index contributed by atoms with van der Waals surface area (Å²) in [5, 5.41) is 16.1. The summed E-state index contributed by atoms with van der Waals surface area (Å²) in [6, 6.07) is -4.72. The lowest BCUT2D eigenvalue weighted by Crippen LogP contribution is -2.58. The van der Waals surface area contributed by atoms with Crippen molar-refractivity contribution in [2.24, 2.45) is 11.5 Å². The second-order valence-corrected chi connectivity index (χ2v) is 7.51. The Hall–Kier alpha value is -2.78. The SMILES string of the molecule is NC(=O)CCC(NC(=O)C(CS)NC(=O)C(N)Cc1cnc[nH]1)C(=O)NC(CS)C(=O)O. The van der Waals surface area contributed by atoms with E-state index in [-0.39, 0.29) is 30.8 Å². The van der Waals surface area contributed by atoms with E-state index in [1.165, 1.54) is 12.5 Å². The Kier molecular flexibility index (Phi) is 11.6. The smallest absolute Gasteiger partial charge is 0.327 e. The molecular weight excluding hydrogens is 462 g/mol. The molecule has 0 radical (unpaired) electrons. The Balaban J connectivity index is 2.80. The maximum absolute atomic E-state index is 12.6. The van der Waals surface area contributed by atoms with Crippen LogP contribution >= 0.6 is 25.3 Å². The number of primary amides is 1. The highest BCUT2D eigenvalue weighted by Gasteiger charge is 2.29. The second kappa shape index (κ2) is 13.6. The van der Waals surface area contributed by atoms with E-state index in [2.05, 4.69) is 51.2 Å². The van der Waals surface area contributed by atoms with Crippen LogP contribution in [-0.4, -0.2) is 80.3 Å². The molecule has 4 unspecified atom stereocenters. The number of nitrogens with zero attached hydrogens (tertiary/aromatic N) is 1. The van der Waals surface area contributed by atoms with Crippen LogP contribution in [0.1, 0.15) is 18.5 Å². The third kappa shape index (κ3) is 9.15. The fraction of sp³-hybridized carbons (Fsp3) is 0.529. The van der Waals surface area contributed by atoms with Gasteiger partial charge in [-0.25, -0.2) is 9.78 Å². The Morgan fingerprint density at radius 2 is 1.56 bits per heavy atom. The maximum Gasteiger partial charge on any atom is 0.327 e. The number of nitrogens with one attached hydrogen (secondary N) is 4. The van der Waals surface area contributed by atoms with E-state index in [0.29, 0.717) is 5.69 Å². The summed E-state index contributed by atoms with van der Waals surface area (Å²) in [7, 11) is 0. The number of carbonyl (C=O) groups is 5. The number of nitrogens with two attached hydrogens (primary N) is 2. The van der Waals surface area contributed by atoms with Crippen molar-refractivity contribution < 1.29 is 29.1 Å². The normalized spacial score (nSPS) is 14.5. The number of H-pyrrole nitrogens is 1. The molecule has 0 bridgehead atoms. The molecule has 0 spiro atoms. The highest BCUT2D eigenvalue weighted by Crippen LogP contribution is 2.03. The quantitative estimate of drug-likeness (QED) is 0.122. The van der Waals surface area contributed by atoms with E-state index in [1.807, 2.05) is 0 Å². The number of carbonyl (C=O) groups excluding carboxylic acids is 4. The molecule has 0 saturated heterocycles. The highest BCUT2D eigenvalue weighted by atomic mass is 32.1. The van der Waals surface area contributed by atoms with Crippen LogP contribution in [0.4, 0.5) is 0 Å². The molecule has 13 nitrogen and oxygen atoms in total. The van der Waals surface area contributed by atoms with Gasteiger partial charge in [-0.2, -0.15) is 25.3 Å². The lowest BCUT2D eigenvalue weighted by atomic mass is 10.1. The molecule has 0 aliphatic heterocycles. The van der Waals surface area contributed by atoms with E-state index < -0.39 is 53.8 Å². The highest BCUT2D eigenvalue weighted by molar-refractivity contribution is 7.80. The number of carboxylic acid groups (broad SMARTS) is 1. The molecule has 1 heterocycles. The zero-order valence-electron chi connectivity index (χ0n) is 17.0. The van der Waals surface area contributed by atoms with Gasteiger partial charge in [-0.15, -0.1) is 0 Å². The van der Waals surface area contributed by atoms with Crippen LogP contribution in [0.3, 0.4) is 0 Å². The van der Waals surface area contributed by atoms with Gasteiger partial charge >= 0.3 is 5.97 Å². The van der Waals surface area contributed by atoms with E-state index in [0.717, 1.165) is 0 Å². The number of hydrogen-bond acceptors (Lipinski definition) is 9. The van der Waals surface area contributed by atoms with Gasteiger partial charge in [0, 0.05) is 36.2 Å². The first-order valence-corrected chi connectivity index (χ1v) is 10.7. The van der Waals surface area contributed by atoms with Crippen molar-refractivity contribution in [3.63, 3.8) is 0 Å². The third-order valence-electron chi connectivity index (χ3n) is 4.26. The van der Waals surface area contributed by atoms with Crippen molar-refractivity contribution in [3.05, 3.63) is 18.2 Å². The van der Waals surface area contributed by atoms with Crippen molar-refractivity contribution in [2.75, 3.05) is 11.5 Å². The van der Waals surface area contributed by atoms with Gasteiger partial charge in [0.1, 0.15) is 18.1 Å². The lowest BCUT2D eigenvalue weighted by molar-refractivity contribution is -0.141. The summed E-state index contributed by atoms with van der Waals surface area (Å²) in [6.45, 7) is 0. The van der Waals surface area contributed by atoms with E-state index in [9.17, 15) is 24.0 Å². The van der Waals surface area contributed by atoms with Gasteiger partial charge in [-0.3, -0.25) is 19.2 Å². The number of rotatable bonds is 14. The average molecular weight is 490 g/mol. The topological polar surface area (TPSA) is 222 Å². The van der Waals surface area contributed by atoms with Gasteiger partial charge in [0.15, 0.2) is 0 Å². The van der Waals surface area contributed by atoms with E-state index in [1.54, 1.807) is 0 Å². The number of aromatic nitrogens is 2. The first-order valence-electron chi connectivity index (χ1n) is 9.45. The summed E-state index contributed by atoms with van der Waals surface area (Å²) in [5.74, 6) is -4.60. The number of carboxylic acids is 1. The molecule has 1 aromatic heterocycles. The molecule has 4 atom stereocenters. The standard InChI is InChI=1S/C17H27N7O6S2/c18-9(3-8-4-20-7-21-8)14(26)23-11(5-31)16(28)22-10(1-2-13(19)25)15(27)24-12(6-32)17(29)30/h4,7,9-12,31-32H,1-3,5-6,18H2,(H2,19,25)(H,20,21)(H,22,28)(H,23,26)(H,24,27)(H,29,30). The van der Waals surface area contributed by atoms with Crippen molar-refractivity contribution in [1.82, 2.24) is 25.9 Å². The molecule has 178 valence electrons. The molecular formula is C17H27N7O6S2. The van der Waals surface area contributed by atoms with Crippen LogP contribution in [0, 0.1) is 0 Å². The first-order chi connectivity index (χ1) is 15.1. The fourth-order valence-corrected chi connectivity index (χ4v) is 2.99. The third-order valence-corrected chi connectivity index (χ3v) is 4.99. The molecule has 15 heteroatoms. The van der Waals surface area contributed by atoms with Crippen molar-refractivity contribution in [1.29, 1.82) is 0 Å². The van der Waals surface area contributed by atoms with Gasteiger partial charge in [0.2, 0.25) is 23.6 Å². The monoisotopic (exact) mass is 489 g/mol. The maximum atomic E-state index is 12.6. The van der Waals surface area contributed by atoms with Crippen molar-refractivity contribution >= 4 is 54.9 Å². The van der Waals surface area contributed by atoms with Crippen molar-refractivity contribution in [2.45, 2.75) is 43.4 Å². The molecule has 1 rings (SSSR count). The zero-order chi connectivity index (χ0) is 24.3. The van der Waals surface area contributed by atoms with Crippen LogP contribution in [0.2, 0.25) is 0 Å². The molecule has 1 aromatic rings. The van der Waals surface area contributed by atoms with Gasteiger partial charge in [-0.05, 0) is 6.42 Å². The predicted octanol–water partition coefficient (Wildman–Crippen LogP) is -3.06. The minimum Gasteiger partial charge on any atom is -0.480 e. The Bertz CT molecular complexity index is 807. The largest absolute Gasteiger partial charge is 0.480 e. The van der Waals surface area contributed by atoms with Gasteiger partial charge in [-0.1, -0.05) is 0 Å². The molecule has 0 aromatic carbocycles. The molecule has 0 fully saturated rings. The number of hydrogen-bond donors (Lipinski definition) is 9. The number of aliphatic carboxylic acids is 1. The summed E-state index contributed by atoms with van der Waals surface area (Å²) >= 11 is 7.90. The fourth-order valence-electron chi connectivity index (χ4n) is 2.48. The number of imidazole rings is 1. The molecule has 9 N–H and O–H groups in total. The van der Waals surface area contributed by atoms with E-state index in [4.69, 9.17) is 16.6 Å². The average Bonchev–Trinajstić information content (AvgIpc) is 3.25. The van der Waals surface area contributed by atoms with Crippen molar-refractivity contribution in [3.8, 4) is 0 Å². The van der Waals surface area contributed by atoms with Crippen LogP contribution in [0.15, 0.2) is 12.5 Å². The molecule has 0 aliphatic carbocycles. The minimum atomic E-state index is -1.32. The Morgan fingerprint density at radius 3 is 2.06 bits per heavy atom. The van der Waals surface area contributed by atoms with Crippen LogP contribution in [0.5, 0.6) is 0 Å². The summed E-state index contributed by atoms with van der Waals surface area (Å²) in [6.07, 6.45) is 2.66. The second-order valence-electron chi connectivity index (χ2n) is 6.78. The summed E-state index contributed by atoms with van der Waals surface area (Å²) < 4.78 is 0. The first kappa shape index (κ1) is 27.3. The Labute approximate surface area is 194 Å². The molecule has 4 amide bonds. The summed E-state index contributed by atoms with van der Waals surface area (Å²) in [5.41, 5.74) is 11.6. The predicted molar refractivity (Wildman–Crippen MR) is 120 cm³/mol. The molecule has 0 aliphatic rings. The van der Waals surface area contributed by atoms with Gasteiger partial charge in [0.05, 0.1) is 12.4 Å². The van der Waals surface area contributed by atoms with Gasteiger partial charge in [0.25, 0.3) is 0 Å². The van der Waals surface area contributed by atoms with Gasteiger partial charge < -0.3 is 37.5 Å². The minimum absolute atomic E-state index is 0.118. The number of amides is 4.